The molecule has 31 heavy (non-hydrogen) atoms. The van der Waals surface area contributed by atoms with Crippen molar-refractivity contribution in [3.8, 4) is 5.75 Å². The predicted molar refractivity (Wildman–Crippen MR) is 120 cm³/mol. The third-order valence-electron chi connectivity index (χ3n) is 5.39. The summed E-state index contributed by atoms with van der Waals surface area (Å²) in [5.74, 6) is 0.520. The molecule has 1 aromatic heterocycles. The van der Waals surface area contributed by atoms with E-state index in [2.05, 4.69) is 10.00 Å². The molecule has 1 fully saturated rings. The summed E-state index contributed by atoms with van der Waals surface area (Å²) in [6.07, 6.45) is 1.12. The number of nitrogens with zero attached hydrogens (tertiary/aromatic N) is 4. The fourth-order valence-corrected chi connectivity index (χ4v) is 4.79. The molecule has 2 aromatic carbocycles. The second kappa shape index (κ2) is 8.39. The molecule has 164 valence electrons. The maximum Gasteiger partial charge on any atom is 0.244 e. The van der Waals surface area contributed by atoms with E-state index in [1.807, 2.05) is 12.1 Å². The SMILES string of the molecule is COc1cc(N2CCN(C(=O)Cn3nc(S(C)(=O)=O)c4ccccc43)CC2)ccc1Cl. The van der Waals surface area contributed by atoms with Crippen molar-refractivity contribution in [2.45, 2.75) is 11.6 Å². The number of hydrogen-bond donors (Lipinski definition) is 0. The van der Waals surface area contributed by atoms with Crippen LogP contribution in [0.3, 0.4) is 0 Å². The van der Waals surface area contributed by atoms with E-state index in [0.29, 0.717) is 47.9 Å². The normalized spacial score (nSPS) is 14.8. The number of amides is 1. The van der Waals surface area contributed by atoms with Gasteiger partial charge in [-0.3, -0.25) is 9.48 Å². The summed E-state index contributed by atoms with van der Waals surface area (Å²) < 4.78 is 30.9. The van der Waals surface area contributed by atoms with Crippen molar-refractivity contribution < 1.29 is 17.9 Å². The van der Waals surface area contributed by atoms with Crippen molar-refractivity contribution in [1.29, 1.82) is 0 Å². The molecule has 0 spiro atoms. The molecule has 1 aliphatic rings. The van der Waals surface area contributed by atoms with E-state index < -0.39 is 9.84 Å². The van der Waals surface area contributed by atoms with Crippen LogP contribution in [0, 0.1) is 0 Å². The molecule has 0 aliphatic carbocycles. The molecule has 2 heterocycles. The first-order valence-corrected chi connectivity index (χ1v) is 12.1. The van der Waals surface area contributed by atoms with Gasteiger partial charge in [0.05, 0.1) is 17.6 Å². The Hall–Kier alpha value is -2.78. The first kappa shape index (κ1) is 21.5. The Kier molecular flexibility index (Phi) is 5.81. The number of carbonyl (C=O) groups is 1. The Morgan fingerprint density at radius 1 is 1.13 bits per heavy atom. The summed E-state index contributed by atoms with van der Waals surface area (Å²) in [4.78, 5) is 16.9. The molecule has 0 N–H and O–H groups in total. The number of hydrogen-bond acceptors (Lipinski definition) is 6. The molecule has 0 bridgehead atoms. The topological polar surface area (TPSA) is 84.7 Å². The van der Waals surface area contributed by atoms with Crippen molar-refractivity contribution in [3.05, 3.63) is 47.5 Å². The van der Waals surface area contributed by atoms with E-state index in [1.54, 1.807) is 42.3 Å². The molecule has 0 saturated carbocycles. The number of fused-ring (bicyclic) bond motifs is 1. The second-order valence-electron chi connectivity index (χ2n) is 7.44. The summed E-state index contributed by atoms with van der Waals surface area (Å²) in [5, 5.41) is 5.31. The Morgan fingerprint density at radius 3 is 2.52 bits per heavy atom. The zero-order valence-electron chi connectivity index (χ0n) is 17.3. The van der Waals surface area contributed by atoms with Crippen LogP contribution in [-0.4, -0.2) is 68.5 Å². The van der Waals surface area contributed by atoms with Crippen LogP contribution in [0.25, 0.3) is 10.9 Å². The van der Waals surface area contributed by atoms with Crippen LogP contribution in [0.1, 0.15) is 0 Å². The minimum absolute atomic E-state index is 0.00240. The highest BCUT2D eigenvalue weighted by Gasteiger charge is 2.24. The fourth-order valence-electron chi connectivity index (χ4n) is 3.78. The van der Waals surface area contributed by atoms with Gasteiger partial charge in [0.15, 0.2) is 14.9 Å². The number of methoxy groups -OCH3 is 1. The van der Waals surface area contributed by atoms with Gasteiger partial charge in [-0.25, -0.2) is 8.42 Å². The van der Waals surface area contributed by atoms with Gasteiger partial charge in [-0.15, -0.1) is 0 Å². The number of benzene rings is 2. The number of sulfone groups is 1. The van der Waals surface area contributed by atoms with E-state index in [4.69, 9.17) is 16.3 Å². The summed E-state index contributed by atoms with van der Waals surface area (Å²) in [6, 6.07) is 12.7. The Balaban J connectivity index is 1.47. The van der Waals surface area contributed by atoms with Gasteiger partial charge in [0.25, 0.3) is 0 Å². The molecule has 1 saturated heterocycles. The smallest absolute Gasteiger partial charge is 0.244 e. The zero-order chi connectivity index (χ0) is 22.2. The van der Waals surface area contributed by atoms with E-state index in [1.165, 1.54) is 4.68 Å². The largest absolute Gasteiger partial charge is 0.495 e. The molecule has 4 rings (SSSR count). The van der Waals surface area contributed by atoms with Crippen LogP contribution in [0.2, 0.25) is 5.02 Å². The number of ether oxygens (including phenoxy) is 1. The van der Waals surface area contributed by atoms with Crippen LogP contribution >= 0.6 is 11.6 Å². The molecule has 0 unspecified atom stereocenters. The van der Waals surface area contributed by atoms with Crippen LogP contribution < -0.4 is 9.64 Å². The first-order chi connectivity index (χ1) is 14.8. The fraction of sp³-hybridized carbons (Fsp3) is 0.333. The standard InChI is InChI=1S/C21H23ClN4O4S/c1-30-19-13-15(7-8-17(19)22)24-9-11-25(12-10-24)20(27)14-26-18-6-4-3-5-16(18)21(23-26)31(2,28)29/h3-8,13H,9-12,14H2,1-2H3. The second-order valence-corrected chi connectivity index (χ2v) is 9.78. The highest BCUT2D eigenvalue weighted by Crippen LogP contribution is 2.30. The van der Waals surface area contributed by atoms with Crippen molar-refractivity contribution in [2.75, 3.05) is 44.4 Å². The van der Waals surface area contributed by atoms with Crippen molar-refractivity contribution in [2.24, 2.45) is 0 Å². The molecule has 1 aliphatic heterocycles. The molecule has 3 aromatic rings. The number of anilines is 1. The lowest BCUT2D eigenvalue weighted by Gasteiger charge is -2.36. The van der Waals surface area contributed by atoms with Crippen LogP contribution in [0.4, 0.5) is 5.69 Å². The number of para-hydroxylation sites is 1. The predicted octanol–water partition coefficient (Wildman–Crippen LogP) is 2.45. The minimum Gasteiger partial charge on any atom is -0.495 e. The number of piperazine rings is 1. The Bertz CT molecular complexity index is 1230. The summed E-state index contributed by atoms with van der Waals surface area (Å²) in [6.45, 7) is 2.45. The third-order valence-corrected chi connectivity index (χ3v) is 6.71. The van der Waals surface area contributed by atoms with Gasteiger partial charge in [0.1, 0.15) is 12.3 Å². The maximum atomic E-state index is 12.9. The number of carbonyl (C=O) groups excluding carboxylic acids is 1. The summed E-state index contributed by atoms with van der Waals surface area (Å²) in [5.41, 5.74) is 1.62. The van der Waals surface area contributed by atoms with E-state index in [-0.39, 0.29) is 17.5 Å². The van der Waals surface area contributed by atoms with E-state index in [9.17, 15) is 13.2 Å². The highest BCUT2D eigenvalue weighted by atomic mass is 35.5. The molecule has 0 radical (unpaired) electrons. The number of halogens is 1. The van der Waals surface area contributed by atoms with Crippen LogP contribution in [0.15, 0.2) is 47.5 Å². The molecule has 10 heteroatoms. The summed E-state index contributed by atoms with van der Waals surface area (Å²) in [7, 11) is -1.92. The lowest BCUT2D eigenvalue weighted by Crippen LogP contribution is -2.49. The van der Waals surface area contributed by atoms with Crippen molar-refractivity contribution in [1.82, 2.24) is 14.7 Å². The van der Waals surface area contributed by atoms with Crippen molar-refractivity contribution >= 4 is 43.9 Å². The number of rotatable bonds is 5. The van der Waals surface area contributed by atoms with Crippen molar-refractivity contribution in [3.63, 3.8) is 0 Å². The molecular formula is C21H23ClN4O4S. The maximum absolute atomic E-state index is 12.9. The zero-order valence-corrected chi connectivity index (χ0v) is 18.9. The lowest BCUT2D eigenvalue weighted by atomic mass is 10.2. The van der Waals surface area contributed by atoms with Crippen LogP contribution in [0.5, 0.6) is 5.75 Å². The molecule has 0 atom stereocenters. The quantitative estimate of drug-likeness (QED) is 0.579. The van der Waals surface area contributed by atoms with Gasteiger partial charge < -0.3 is 14.5 Å². The first-order valence-electron chi connectivity index (χ1n) is 9.80. The summed E-state index contributed by atoms with van der Waals surface area (Å²) >= 11 is 6.11. The Labute approximate surface area is 185 Å². The number of aromatic nitrogens is 2. The average Bonchev–Trinajstić information content (AvgIpc) is 3.13. The Morgan fingerprint density at radius 2 is 1.84 bits per heavy atom. The van der Waals surface area contributed by atoms with Gasteiger partial charge in [-0.05, 0) is 24.3 Å². The van der Waals surface area contributed by atoms with E-state index >= 15 is 0 Å². The van der Waals surface area contributed by atoms with Gasteiger partial charge in [-0.1, -0.05) is 23.7 Å². The lowest BCUT2D eigenvalue weighted by molar-refractivity contribution is -0.132. The monoisotopic (exact) mass is 462 g/mol. The van der Waals surface area contributed by atoms with Gasteiger partial charge in [-0.2, -0.15) is 5.10 Å². The van der Waals surface area contributed by atoms with Gasteiger partial charge >= 0.3 is 0 Å². The van der Waals surface area contributed by atoms with Gasteiger partial charge in [0, 0.05) is 49.6 Å². The average molecular weight is 463 g/mol. The van der Waals surface area contributed by atoms with E-state index in [0.717, 1.165) is 11.9 Å². The molecule has 1 amide bonds. The minimum atomic E-state index is -3.50. The molecule has 8 nitrogen and oxygen atoms in total. The third kappa shape index (κ3) is 4.33. The highest BCUT2D eigenvalue weighted by molar-refractivity contribution is 7.90. The van der Waals surface area contributed by atoms with Crippen LogP contribution in [-0.2, 0) is 21.2 Å². The molecular weight excluding hydrogens is 440 g/mol. The van der Waals surface area contributed by atoms with Gasteiger partial charge in [0.2, 0.25) is 5.91 Å².